The Bertz CT molecular complexity index is 481. The van der Waals surface area contributed by atoms with Crippen LogP contribution in [0.2, 0.25) is 0 Å². The first-order valence-electron chi connectivity index (χ1n) is 4.09. The Morgan fingerprint density at radius 1 is 1.31 bits per heavy atom. The normalized spacial score (nSPS) is 12.6. The molecule has 92 valence electrons. The second kappa shape index (κ2) is 6.06. The molecule has 1 atom stereocenters. The molecule has 0 aromatic heterocycles. The molecule has 0 amide bonds. The number of hydrogen-bond acceptors (Lipinski definition) is 4. The van der Waals surface area contributed by atoms with Gasteiger partial charge >= 0.3 is 0 Å². The monoisotopic (exact) mass is 265 g/mol. The topological polar surface area (TPSA) is 126 Å². The lowest BCUT2D eigenvalue weighted by Crippen LogP contribution is -2.13. The SMILES string of the molecule is Cc1cccc(S(N)(=O)=O)c1C.NS(=O)[O-]. The fraction of sp³-hybridized carbons (Fsp3) is 0.250. The summed E-state index contributed by atoms with van der Waals surface area (Å²) in [5.41, 5.74) is 1.65. The minimum absolute atomic E-state index is 0.211. The van der Waals surface area contributed by atoms with E-state index in [0.29, 0.717) is 0 Å². The van der Waals surface area contributed by atoms with E-state index in [0.717, 1.165) is 11.1 Å². The Balaban J connectivity index is 0.000000487. The van der Waals surface area contributed by atoms with Crippen LogP contribution in [0, 0.1) is 13.8 Å². The van der Waals surface area contributed by atoms with Crippen molar-refractivity contribution >= 4 is 21.3 Å². The van der Waals surface area contributed by atoms with Crippen LogP contribution in [0.15, 0.2) is 23.1 Å². The van der Waals surface area contributed by atoms with E-state index in [4.69, 9.17) is 13.9 Å². The molecular formula is C8H13N2O4S2-. The van der Waals surface area contributed by atoms with Crippen LogP contribution >= 0.6 is 0 Å². The first kappa shape index (κ1) is 15.2. The molecule has 6 nitrogen and oxygen atoms in total. The standard InChI is InChI=1S/C8H11NO2S.H3NO2S/c1-6-4-3-5-8(7(6)2)12(9,10)11;1-4(2)3/h3-5H,1-2H3,(H2,9,10,11);1H2,(H,2,3)/p-1. The maximum Gasteiger partial charge on any atom is 0.238 e. The first-order valence-corrected chi connectivity index (χ1v) is 6.77. The fourth-order valence-electron chi connectivity index (χ4n) is 1.03. The summed E-state index contributed by atoms with van der Waals surface area (Å²) in [6, 6.07) is 5.05. The summed E-state index contributed by atoms with van der Waals surface area (Å²) in [5.74, 6) is 0. The second-order valence-corrected chi connectivity index (χ2v) is 5.05. The molecule has 0 spiro atoms. The molecule has 0 fully saturated rings. The number of primary sulfonamides is 1. The molecular weight excluding hydrogens is 252 g/mol. The van der Waals surface area contributed by atoms with Crippen LogP contribution in [-0.4, -0.2) is 17.2 Å². The van der Waals surface area contributed by atoms with Crippen molar-refractivity contribution in [1.82, 2.24) is 0 Å². The summed E-state index contributed by atoms with van der Waals surface area (Å²) in [4.78, 5) is 0.211. The molecule has 1 aromatic rings. The molecule has 4 N–H and O–H groups in total. The van der Waals surface area contributed by atoms with E-state index in [1.807, 2.05) is 13.0 Å². The van der Waals surface area contributed by atoms with Crippen LogP contribution in [0.5, 0.6) is 0 Å². The van der Waals surface area contributed by atoms with Gasteiger partial charge in [-0.15, -0.1) is 0 Å². The summed E-state index contributed by atoms with van der Waals surface area (Å²) in [6.45, 7) is 3.60. The second-order valence-electron chi connectivity index (χ2n) is 3.00. The van der Waals surface area contributed by atoms with Crippen molar-refractivity contribution in [2.45, 2.75) is 18.7 Å². The largest absolute Gasteiger partial charge is 0.760 e. The van der Waals surface area contributed by atoms with Gasteiger partial charge in [-0.05, 0) is 31.0 Å². The van der Waals surface area contributed by atoms with Crippen LogP contribution in [0.3, 0.4) is 0 Å². The molecule has 0 saturated carbocycles. The summed E-state index contributed by atoms with van der Waals surface area (Å²) in [5, 5.41) is 9.03. The van der Waals surface area contributed by atoms with Gasteiger partial charge < -0.3 is 4.55 Å². The molecule has 0 aliphatic carbocycles. The number of nitrogens with two attached hydrogens (primary N) is 2. The highest BCUT2D eigenvalue weighted by Crippen LogP contribution is 2.15. The lowest BCUT2D eigenvalue weighted by Gasteiger charge is -2.04. The van der Waals surface area contributed by atoms with Crippen LogP contribution in [0.1, 0.15) is 11.1 Å². The summed E-state index contributed by atoms with van der Waals surface area (Å²) in [7, 11) is -3.56. The van der Waals surface area contributed by atoms with Gasteiger partial charge in [-0.25, -0.2) is 13.6 Å². The maximum atomic E-state index is 11.0. The highest BCUT2D eigenvalue weighted by molar-refractivity contribution is 7.89. The Morgan fingerprint density at radius 3 is 2.06 bits per heavy atom. The van der Waals surface area contributed by atoms with Crippen LogP contribution in [-0.2, 0) is 21.3 Å². The summed E-state index contributed by atoms with van der Waals surface area (Å²) < 4.78 is 39.5. The first-order chi connectivity index (χ1) is 7.16. The molecule has 0 heterocycles. The van der Waals surface area contributed by atoms with E-state index in [1.165, 1.54) is 6.07 Å². The molecule has 1 rings (SSSR count). The van der Waals surface area contributed by atoms with Gasteiger partial charge in [-0.2, -0.15) is 0 Å². The average Bonchev–Trinajstić information content (AvgIpc) is 2.06. The molecule has 0 aliphatic rings. The fourth-order valence-corrected chi connectivity index (χ4v) is 1.89. The van der Waals surface area contributed by atoms with Crippen molar-refractivity contribution in [3.63, 3.8) is 0 Å². The number of sulfonamides is 1. The lowest BCUT2D eigenvalue weighted by atomic mass is 10.1. The van der Waals surface area contributed by atoms with Gasteiger partial charge in [-0.3, -0.25) is 9.35 Å². The third-order valence-corrected chi connectivity index (χ3v) is 2.92. The zero-order valence-electron chi connectivity index (χ0n) is 8.84. The van der Waals surface area contributed by atoms with Crippen LogP contribution < -0.4 is 10.3 Å². The lowest BCUT2D eigenvalue weighted by molar-refractivity contribution is 0.538. The van der Waals surface area contributed by atoms with Gasteiger partial charge in [-0.1, -0.05) is 12.1 Å². The van der Waals surface area contributed by atoms with Crippen molar-refractivity contribution in [3.8, 4) is 0 Å². The number of hydrogen-bond donors (Lipinski definition) is 2. The molecule has 0 bridgehead atoms. The molecule has 1 unspecified atom stereocenters. The molecule has 0 aliphatic heterocycles. The van der Waals surface area contributed by atoms with Crippen molar-refractivity contribution < 1.29 is 17.2 Å². The van der Waals surface area contributed by atoms with Crippen molar-refractivity contribution in [3.05, 3.63) is 29.3 Å². The molecule has 8 heteroatoms. The minimum atomic E-state index is -3.56. The van der Waals surface area contributed by atoms with E-state index >= 15 is 0 Å². The van der Waals surface area contributed by atoms with Gasteiger partial charge in [0, 0.05) is 11.3 Å². The molecule has 0 radical (unpaired) electrons. The maximum absolute atomic E-state index is 11.0. The Kier molecular flexibility index (Phi) is 5.76. The van der Waals surface area contributed by atoms with Crippen LogP contribution in [0.25, 0.3) is 0 Å². The summed E-state index contributed by atoms with van der Waals surface area (Å²) >= 11 is -2.36. The average molecular weight is 265 g/mol. The molecule has 1 aromatic carbocycles. The zero-order valence-corrected chi connectivity index (χ0v) is 10.5. The predicted octanol–water partition coefficient (Wildman–Crippen LogP) is -0.310. The number of aryl methyl sites for hydroxylation is 1. The summed E-state index contributed by atoms with van der Waals surface area (Å²) in [6.07, 6.45) is 0. The van der Waals surface area contributed by atoms with E-state index < -0.39 is 21.3 Å². The van der Waals surface area contributed by atoms with E-state index in [-0.39, 0.29) is 4.90 Å². The Morgan fingerprint density at radius 2 is 1.75 bits per heavy atom. The third-order valence-electron chi connectivity index (χ3n) is 1.86. The Hall–Kier alpha value is -0.800. The van der Waals surface area contributed by atoms with Crippen molar-refractivity contribution in [1.29, 1.82) is 0 Å². The number of benzene rings is 1. The van der Waals surface area contributed by atoms with Crippen LogP contribution in [0.4, 0.5) is 0 Å². The van der Waals surface area contributed by atoms with Gasteiger partial charge in [0.15, 0.2) is 0 Å². The number of rotatable bonds is 1. The zero-order chi connectivity index (χ0) is 12.9. The van der Waals surface area contributed by atoms with Gasteiger partial charge in [0.2, 0.25) is 10.0 Å². The minimum Gasteiger partial charge on any atom is -0.760 e. The smallest absolute Gasteiger partial charge is 0.238 e. The third kappa shape index (κ3) is 5.33. The van der Waals surface area contributed by atoms with E-state index in [1.54, 1.807) is 13.0 Å². The Labute approximate surface area is 97.1 Å². The predicted molar refractivity (Wildman–Crippen MR) is 60.4 cm³/mol. The van der Waals surface area contributed by atoms with Gasteiger partial charge in [0.05, 0.1) is 4.90 Å². The van der Waals surface area contributed by atoms with Gasteiger partial charge in [0.1, 0.15) is 0 Å². The molecule has 0 saturated heterocycles. The van der Waals surface area contributed by atoms with E-state index in [9.17, 15) is 8.42 Å². The highest BCUT2D eigenvalue weighted by atomic mass is 32.2. The van der Waals surface area contributed by atoms with Crippen molar-refractivity contribution in [2.24, 2.45) is 10.3 Å². The van der Waals surface area contributed by atoms with E-state index in [2.05, 4.69) is 5.14 Å². The molecule has 16 heavy (non-hydrogen) atoms. The quantitative estimate of drug-likeness (QED) is 0.675. The van der Waals surface area contributed by atoms with Crippen molar-refractivity contribution in [2.75, 3.05) is 0 Å². The van der Waals surface area contributed by atoms with Gasteiger partial charge in [0.25, 0.3) is 0 Å². The highest BCUT2D eigenvalue weighted by Gasteiger charge is 2.11.